The van der Waals surface area contributed by atoms with Gasteiger partial charge in [0.15, 0.2) is 0 Å². The lowest BCUT2D eigenvalue weighted by Gasteiger charge is -2.06. The molecule has 2 heteroatoms. The Morgan fingerprint density at radius 1 is 1.78 bits per heavy atom. The first-order valence-electron chi connectivity index (χ1n) is 3.17. The van der Waals surface area contributed by atoms with E-state index < -0.39 is 0 Å². The highest BCUT2D eigenvalue weighted by Crippen LogP contribution is 1.96. The Labute approximate surface area is 55.6 Å². The van der Waals surface area contributed by atoms with E-state index in [-0.39, 0.29) is 0 Å². The Kier molecular flexibility index (Phi) is 2.33. The van der Waals surface area contributed by atoms with Crippen molar-refractivity contribution in [3.8, 4) is 0 Å². The van der Waals surface area contributed by atoms with Crippen LogP contribution in [0.25, 0.3) is 0 Å². The van der Waals surface area contributed by atoms with Gasteiger partial charge in [0.1, 0.15) is 0 Å². The molecule has 0 bridgehead atoms. The van der Waals surface area contributed by atoms with Gasteiger partial charge in [-0.15, -0.1) is 0 Å². The molecule has 9 heavy (non-hydrogen) atoms. The lowest BCUT2D eigenvalue weighted by atomic mass is 10.2. The van der Waals surface area contributed by atoms with Crippen molar-refractivity contribution in [1.82, 2.24) is 10.6 Å². The normalized spacial score (nSPS) is 16.8. The molecule has 1 aliphatic heterocycles. The molecule has 0 unspecified atom stereocenters. The molecule has 0 aliphatic carbocycles. The van der Waals surface area contributed by atoms with Crippen LogP contribution in [0.4, 0.5) is 0 Å². The highest BCUT2D eigenvalue weighted by molar-refractivity contribution is 5.22. The molecule has 1 heterocycles. The standard InChI is InChI=1S/C7H12N2/c1-8-5-7-3-2-4-9-6-7/h2-3,6,8-9H,4-5H2,1H3. The van der Waals surface area contributed by atoms with E-state index in [1.807, 2.05) is 13.2 Å². The van der Waals surface area contributed by atoms with Crippen LogP contribution < -0.4 is 10.6 Å². The first-order chi connectivity index (χ1) is 4.43. The van der Waals surface area contributed by atoms with Gasteiger partial charge in [0.2, 0.25) is 0 Å². The lowest BCUT2D eigenvalue weighted by Crippen LogP contribution is -2.16. The van der Waals surface area contributed by atoms with Crippen molar-refractivity contribution < 1.29 is 0 Å². The maximum atomic E-state index is 3.13. The summed E-state index contributed by atoms with van der Waals surface area (Å²) in [6.45, 7) is 1.91. The highest BCUT2D eigenvalue weighted by Gasteiger charge is 1.91. The molecule has 0 saturated heterocycles. The minimum Gasteiger partial charge on any atom is -0.387 e. The van der Waals surface area contributed by atoms with Crippen LogP contribution >= 0.6 is 0 Å². The summed E-state index contributed by atoms with van der Waals surface area (Å²) in [6, 6.07) is 0. The summed E-state index contributed by atoms with van der Waals surface area (Å²) in [4.78, 5) is 0. The quantitative estimate of drug-likeness (QED) is 0.551. The summed E-state index contributed by atoms with van der Waals surface area (Å²) >= 11 is 0. The average molecular weight is 124 g/mol. The molecule has 2 nitrogen and oxygen atoms in total. The van der Waals surface area contributed by atoms with Gasteiger partial charge in [-0.2, -0.15) is 0 Å². The van der Waals surface area contributed by atoms with Crippen molar-refractivity contribution in [3.63, 3.8) is 0 Å². The van der Waals surface area contributed by atoms with Gasteiger partial charge < -0.3 is 10.6 Å². The van der Waals surface area contributed by atoms with Crippen LogP contribution in [0.3, 0.4) is 0 Å². The molecule has 1 rings (SSSR count). The van der Waals surface area contributed by atoms with Crippen molar-refractivity contribution >= 4 is 0 Å². The largest absolute Gasteiger partial charge is 0.387 e. The molecule has 0 aromatic heterocycles. The van der Waals surface area contributed by atoms with Crippen molar-refractivity contribution in [3.05, 3.63) is 23.9 Å². The second-order valence-electron chi connectivity index (χ2n) is 2.06. The van der Waals surface area contributed by atoms with Crippen molar-refractivity contribution in [2.45, 2.75) is 0 Å². The van der Waals surface area contributed by atoms with Gasteiger partial charge in [-0.3, -0.25) is 0 Å². The van der Waals surface area contributed by atoms with E-state index in [0.29, 0.717) is 0 Å². The fraction of sp³-hybridized carbons (Fsp3) is 0.429. The average Bonchev–Trinajstić information content (AvgIpc) is 1.91. The number of dihydropyridines is 1. The maximum Gasteiger partial charge on any atom is 0.0328 e. The Balaban J connectivity index is 2.38. The van der Waals surface area contributed by atoms with E-state index in [4.69, 9.17) is 0 Å². The molecule has 50 valence electrons. The number of nitrogens with one attached hydrogen (secondary N) is 2. The summed E-state index contributed by atoms with van der Waals surface area (Å²) < 4.78 is 0. The SMILES string of the molecule is CNCC1=CNCC=C1. The molecule has 0 saturated carbocycles. The summed E-state index contributed by atoms with van der Waals surface area (Å²) in [5.41, 5.74) is 1.31. The van der Waals surface area contributed by atoms with Crippen LogP contribution in [0.15, 0.2) is 23.9 Å². The van der Waals surface area contributed by atoms with Crippen molar-refractivity contribution in [2.24, 2.45) is 0 Å². The summed E-state index contributed by atoms with van der Waals surface area (Å²) in [6.07, 6.45) is 6.29. The van der Waals surface area contributed by atoms with Crippen LogP contribution in [0.1, 0.15) is 0 Å². The summed E-state index contributed by atoms with van der Waals surface area (Å²) in [5, 5.41) is 6.21. The van der Waals surface area contributed by atoms with Gasteiger partial charge in [0.05, 0.1) is 0 Å². The van der Waals surface area contributed by atoms with E-state index in [1.165, 1.54) is 5.57 Å². The monoisotopic (exact) mass is 124 g/mol. The second kappa shape index (κ2) is 3.30. The molecular formula is C7H12N2. The molecule has 0 aromatic carbocycles. The van der Waals surface area contributed by atoms with E-state index >= 15 is 0 Å². The van der Waals surface area contributed by atoms with Gasteiger partial charge in [-0.1, -0.05) is 12.2 Å². The predicted molar refractivity (Wildman–Crippen MR) is 39.2 cm³/mol. The van der Waals surface area contributed by atoms with Crippen LogP contribution in [-0.4, -0.2) is 20.1 Å². The van der Waals surface area contributed by atoms with Crippen molar-refractivity contribution in [2.75, 3.05) is 20.1 Å². The molecule has 0 atom stereocenters. The Morgan fingerprint density at radius 2 is 2.67 bits per heavy atom. The number of hydrogen-bond acceptors (Lipinski definition) is 2. The molecule has 2 N–H and O–H groups in total. The highest BCUT2D eigenvalue weighted by atomic mass is 14.9. The fourth-order valence-electron chi connectivity index (χ4n) is 0.831. The molecular weight excluding hydrogens is 112 g/mol. The molecule has 0 radical (unpaired) electrons. The molecule has 0 spiro atoms. The zero-order valence-corrected chi connectivity index (χ0v) is 5.65. The van der Waals surface area contributed by atoms with E-state index in [9.17, 15) is 0 Å². The fourth-order valence-corrected chi connectivity index (χ4v) is 0.831. The minimum atomic E-state index is 0.948. The maximum absolute atomic E-state index is 3.13. The Morgan fingerprint density at radius 3 is 3.22 bits per heavy atom. The Hall–Kier alpha value is -0.760. The summed E-state index contributed by atoms with van der Waals surface area (Å²) in [7, 11) is 1.95. The third-order valence-corrected chi connectivity index (χ3v) is 1.24. The smallest absolute Gasteiger partial charge is 0.0328 e. The molecule has 0 fully saturated rings. The van der Waals surface area contributed by atoms with E-state index in [0.717, 1.165) is 13.1 Å². The van der Waals surface area contributed by atoms with Gasteiger partial charge >= 0.3 is 0 Å². The Bertz CT molecular complexity index is 136. The summed E-state index contributed by atoms with van der Waals surface area (Å²) in [5.74, 6) is 0. The van der Waals surface area contributed by atoms with Crippen LogP contribution in [0, 0.1) is 0 Å². The zero-order valence-electron chi connectivity index (χ0n) is 5.65. The zero-order chi connectivity index (χ0) is 6.53. The van der Waals surface area contributed by atoms with Gasteiger partial charge in [-0.05, 0) is 12.6 Å². The van der Waals surface area contributed by atoms with Crippen LogP contribution in [0.2, 0.25) is 0 Å². The number of hydrogen-bond donors (Lipinski definition) is 2. The van der Waals surface area contributed by atoms with Crippen LogP contribution in [-0.2, 0) is 0 Å². The van der Waals surface area contributed by atoms with Gasteiger partial charge in [-0.25, -0.2) is 0 Å². The number of rotatable bonds is 2. The predicted octanol–water partition coefficient (Wildman–Crippen LogP) is 0.249. The van der Waals surface area contributed by atoms with E-state index in [2.05, 4.69) is 22.8 Å². The molecule has 0 aromatic rings. The molecule has 0 amide bonds. The lowest BCUT2D eigenvalue weighted by molar-refractivity contribution is 0.861. The third-order valence-electron chi connectivity index (χ3n) is 1.24. The third kappa shape index (κ3) is 1.90. The number of likely N-dealkylation sites (N-methyl/N-ethyl adjacent to an activating group) is 1. The molecule has 1 aliphatic rings. The first-order valence-corrected chi connectivity index (χ1v) is 3.17. The van der Waals surface area contributed by atoms with Gasteiger partial charge in [0, 0.05) is 19.3 Å². The van der Waals surface area contributed by atoms with Crippen LogP contribution in [0.5, 0.6) is 0 Å². The first kappa shape index (κ1) is 6.36. The minimum absolute atomic E-state index is 0.948. The topological polar surface area (TPSA) is 24.1 Å². The van der Waals surface area contributed by atoms with Crippen molar-refractivity contribution in [1.29, 1.82) is 0 Å². The second-order valence-corrected chi connectivity index (χ2v) is 2.06. The van der Waals surface area contributed by atoms with E-state index in [1.54, 1.807) is 0 Å². The van der Waals surface area contributed by atoms with Gasteiger partial charge in [0.25, 0.3) is 0 Å².